The molecule has 0 aromatic carbocycles. The molecule has 16 heavy (non-hydrogen) atoms. The second kappa shape index (κ2) is 9.75. The average molecular weight is 230 g/mol. The molecule has 0 atom stereocenters. The van der Waals surface area contributed by atoms with Crippen LogP contribution in [0, 0.1) is 0 Å². The van der Waals surface area contributed by atoms with E-state index in [1.165, 1.54) is 0 Å². The Morgan fingerprint density at radius 1 is 1.38 bits per heavy atom. The smallest absolute Gasteiger partial charge is 0.305 e. The molecule has 0 radical (unpaired) electrons. The lowest BCUT2D eigenvalue weighted by molar-refractivity contribution is -0.136. The molecule has 0 saturated carbocycles. The molecule has 0 rings (SSSR count). The largest absolute Gasteiger partial charge is 0.481 e. The quantitative estimate of drug-likeness (QED) is 0.255. The molecule has 90 valence electrons. The van der Waals surface area contributed by atoms with Crippen LogP contribution in [0.3, 0.4) is 0 Å². The zero-order valence-electron chi connectivity index (χ0n) is 8.76. The fourth-order valence-corrected chi connectivity index (χ4v) is 0.814. The van der Waals surface area contributed by atoms with E-state index in [4.69, 9.17) is 15.4 Å². The molecule has 0 aliphatic carbocycles. The number of azide groups is 1. The first-order valence-electron chi connectivity index (χ1n) is 4.74. The van der Waals surface area contributed by atoms with Crippen molar-refractivity contribution >= 4 is 11.9 Å². The van der Waals surface area contributed by atoms with Gasteiger partial charge in [-0.1, -0.05) is 5.11 Å². The molecule has 0 aliphatic heterocycles. The Balaban J connectivity index is 3.30. The van der Waals surface area contributed by atoms with Crippen LogP contribution in [-0.4, -0.2) is 43.3 Å². The van der Waals surface area contributed by atoms with Crippen LogP contribution in [0.2, 0.25) is 0 Å². The molecule has 0 aliphatic rings. The van der Waals surface area contributed by atoms with E-state index >= 15 is 0 Å². The van der Waals surface area contributed by atoms with Gasteiger partial charge in [0.15, 0.2) is 0 Å². The highest BCUT2D eigenvalue weighted by Crippen LogP contribution is 1.85. The van der Waals surface area contributed by atoms with Gasteiger partial charge in [0.1, 0.15) is 0 Å². The highest BCUT2D eigenvalue weighted by Gasteiger charge is 2.02. The number of aliphatic carboxylic acids is 1. The molecule has 0 heterocycles. The van der Waals surface area contributed by atoms with Gasteiger partial charge in [-0.05, 0) is 5.53 Å². The Hall–Kier alpha value is -1.79. The van der Waals surface area contributed by atoms with Crippen molar-refractivity contribution in [3.05, 3.63) is 10.4 Å². The van der Waals surface area contributed by atoms with Crippen molar-refractivity contribution in [3.63, 3.8) is 0 Å². The summed E-state index contributed by atoms with van der Waals surface area (Å²) in [5.74, 6) is -1.21. The summed E-state index contributed by atoms with van der Waals surface area (Å²) in [5.41, 5.74) is 7.94. The first-order chi connectivity index (χ1) is 7.66. The Morgan fingerprint density at radius 3 is 2.75 bits per heavy atom. The van der Waals surface area contributed by atoms with E-state index in [0.717, 1.165) is 0 Å². The van der Waals surface area contributed by atoms with E-state index < -0.39 is 5.97 Å². The Morgan fingerprint density at radius 2 is 2.12 bits per heavy atom. The number of rotatable bonds is 9. The molecule has 0 fully saturated rings. The summed E-state index contributed by atoms with van der Waals surface area (Å²) in [4.78, 5) is 23.7. The van der Waals surface area contributed by atoms with Gasteiger partial charge in [-0.3, -0.25) is 9.59 Å². The summed E-state index contributed by atoms with van der Waals surface area (Å²) in [6.45, 7) is 0.844. The first kappa shape index (κ1) is 14.2. The van der Waals surface area contributed by atoms with Crippen molar-refractivity contribution in [1.29, 1.82) is 0 Å². The van der Waals surface area contributed by atoms with Crippen molar-refractivity contribution in [2.45, 2.75) is 12.8 Å². The standard InChI is InChI=1S/C8H14N4O4/c9-12-11-4-6-16-5-2-7(13)10-3-1-8(14)15/h1-6H2,(H,10,13)(H,14,15). The van der Waals surface area contributed by atoms with Crippen LogP contribution in [-0.2, 0) is 14.3 Å². The van der Waals surface area contributed by atoms with Crippen LogP contribution in [0.5, 0.6) is 0 Å². The van der Waals surface area contributed by atoms with E-state index in [0.29, 0.717) is 0 Å². The topological polar surface area (TPSA) is 124 Å². The van der Waals surface area contributed by atoms with E-state index in [9.17, 15) is 9.59 Å². The Labute approximate surface area is 92.2 Å². The van der Waals surface area contributed by atoms with Crippen molar-refractivity contribution in [2.75, 3.05) is 26.3 Å². The zero-order valence-corrected chi connectivity index (χ0v) is 8.76. The fourth-order valence-electron chi connectivity index (χ4n) is 0.814. The number of ether oxygens (including phenoxy) is 1. The predicted octanol–water partition coefficient (Wildman–Crippen LogP) is 0.294. The number of nitrogens with zero attached hydrogens (tertiary/aromatic N) is 3. The van der Waals surface area contributed by atoms with Crippen molar-refractivity contribution < 1.29 is 19.4 Å². The molecule has 0 bridgehead atoms. The van der Waals surface area contributed by atoms with Crippen molar-refractivity contribution in [2.24, 2.45) is 5.11 Å². The number of hydrogen-bond acceptors (Lipinski definition) is 4. The van der Waals surface area contributed by atoms with E-state index in [1.807, 2.05) is 0 Å². The summed E-state index contributed by atoms with van der Waals surface area (Å²) in [5, 5.41) is 14.0. The molecule has 0 spiro atoms. The molecule has 0 aromatic rings. The van der Waals surface area contributed by atoms with Gasteiger partial charge in [0.25, 0.3) is 0 Å². The number of carboxylic acids is 1. The zero-order chi connectivity index (χ0) is 12.2. The van der Waals surface area contributed by atoms with Crippen molar-refractivity contribution in [1.82, 2.24) is 5.32 Å². The van der Waals surface area contributed by atoms with Gasteiger partial charge in [0.2, 0.25) is 5.91 Å². The Bertz CT molecular complexity index is 275. The third-order valence-electron chi connectivity index (χ3n) is 1.53. The molecule has 0 saturated heterocycles. The van der Waals surface area contributed by atoms with E-state index in [1.54, 1.807) is 0 Å². The number of amides is 1. The van der Waals surface area contributed by atoms with Gasteiger partial charge >= 0.3 is 5.97 Å². The van der Waals surface area contributed by atoms with Gasteiger partial charge in [-0.2, -0.15) is 0 Å². The molecular weight excluding hydrogens is 216 g/mol. The van der Waals surface area contributed by atoms with Gasteiger partial charge in [0.05, 0.1) is 19.6 Å². The fraction of sp³-hybridized carbons (Fsp3) is 0.750. The second-order valence-corrected chi connectivity index (χ2v) is 2.81. The summed E-state index contributed by atoms with van der Waals surface area (Å²) < 4.78 is 4.99. The normalized spacial score (nSPS) is 9.25. The molecule has 1 amide bonds. The minimum absolute atomic E-state index is 0.0938. The maximum atomic E-state index is 11.0. The van der Waals surface area contributed by atoms with Crippen LogP contribution in [0.4, 0.5) is 0 Å². The number of hydrogen-bond donors (Lipinski definition) is 2. The number of nitrogens with one attached hydrogen (secondary N) is 1. The molecule has 8 heteroatoms. The highest BCUT2D eigenvalue weighted by atomic mass is 16.5. The minimum Gasteiger partial charge on any atom is -0.481 e. The first-order valence-corrected chi connectivity index (χ1v) is 4.74. The summed E-state index contributed by atoms with van der Waals surface area (Å²) in [6.07, 6.45) is 0.0688. The maximum absolute atomic E-state index is 11.0. The molecule has 2 N–H and O–H groups in total. The summed E-state index contributed by atoms with van der Waals surface area (Å²) in [7, 11) is 0. The monoisotopic (exact) mass is 230 g/mol. The Kier molecular flexibility index (Phi) is 8.66. The van der Waals surface area contributed by atoms with Crippen molar-refractivity contribution in [3.8, 4) is 0 Å². The van der Waals surface area contributed by atoms with Gasteiger partial charge in [-0.15, -0.1) is 0 Å². The molecular formula is C8H14N4O4. The van der Waals surface area contributed by atoms with E-state index in [2.05, 4.69) is 15.3 Å². The van der Waals surface area contributed by atoms with Gasteiger partial charge in [0, 0.05) is 24.4 Å². The number of carbonyl (C=O) groups is 2. The molecule has 8 nitrogen and oxygen atoms in total. The second-order valence-electron chi connectivity index (χ2n) is 2.81. The lowest BCUT2D eigenvalue weighted by Crippen LogP contribution is -2.26. The highest BCUT2D eigenvalue weighted by molar-refractivity contribution is 5.76. The van der Waals surface area contributed by atoms with Gasteiger partial charge in [-0.25, -0.2) is 0 Å². The summed E-state index contributed by atoms with van der Waals surface area (Å²) >= 11 is 0. The number of carbonyl (C=O) groups excluding carboxylic acids is 1. The van der Waals surface area contributed by atoms with Crippen LogP contribution in [0.1, 0.15) is 12.8 Å². The van der Waals surface area contributed by atoms with E-state index in [-0.39, 0.29) is 45.1 Å². The molecule has 0 unspecified atom stereocenters. The molecule has 0 aromatic heterocycles. The maximum Gasteiger partial charge on any atom is 0.305 e. The van der Waals surface area contributed by atoms with Crippen LogP contribution in [0.15, 0.2) is 5.11 Å². The third-order valence-corrected chi connectivity index (χ3v) is 1.53. The lowest BCUT2D eigenvalue weighted by Gasteiger charge is -2.03. The predicted molar refractivity (Wildman–Crippen MR) is 54.7 cm³/mol. The number of carboxylic acid groups (broad SMARTS) is 1. The lowest BCUT2D eigenvalue weighted by atomic mass is 10.4. The SMILES string of the molecule is [N-]=[N+]=NCCOCCC(=O)NCCC(=O)O. The van der Waals surface area contributed by atoms with Crippen LogP contribution >= 0.6 is 0 Å². The van der Waals surface area contributed by atoms with Crippen LogP contribution < -0.4 is 5.32 Å². The minimum atomic E-state index is -0.953. The van der Waals surface area contributed by atoms with Gasteiger partial charge < -0.3 is 15.2 Å². The van der Waals surface area contributed by atoms with Crippen LogP contribution in [0.25, 0.3) is 10.4 Å². The summed E-state index contributed by atoms with van der Waals surface area (Å²) in [6, 6.07) is 0. The average Bonchev–Trinajstić information content (AvgIpc) is 2.22. The third kappa shape index (κ3) is 10.3.